The van der Waals surface area contributed by atoms with E-state index in [1.54, 1.807) is 6.26 Å². The van der Waals surface area contributed by atoms with Gasteiger partial charge in [-0.2, -0.15) is 0 Å². The predicted octanol–water partition coefficient (Wildman–Crippen LogP) is 1.10. The summed E-state index contributed by atoms with van der Waals surface area (Å²) < 4.78 is 10.8. The van der Waals surface area contributed by atoms with E-state index in [0.29, 0.717) is 5.75 Å². The number of hydrogen-bond acceptors (Lipinski definition) is 2. The van der Waals surface area contributed by atoms with Gasteiger partial charge in [-0.3, -0.25) is 4.21 Å². The van der Waals surface area contributed by atoms with Gasteiger partial charge in [0.15, 0.2) is 0 Å². The Morgan fingerprint density at radius 3 is 2.50 bits per heavy atom. The minimum atomic E-state index is -0.946. The molecule has 0 amide bonds. The van der Waals surface area contributed by atoms with E-state index in [-0.39, 0.29) is 0 Å². The Hall–Kier alpha value is -0.670. The van der Waals surface area contributed by atoms with Gasteiger partial charge in [0.25, 0.3) is 0 Å². The molecule has 0 saturated carbocycles. The first-order valence-electron chi connectivity index (χ1n) is 3.73. The Morgan fingerprint density at radius 2 is 2.00 bits per heavy atom. The Labute approximate surface area is 74.7 Å². The monoisotopic (exact) mass is 184 g/mol. The smallest absolute Gasteiger partial charge is 0.0905 e. The van der Waals surface area contributed by atoms with E-state index in [4.69, 9.17) is 0 Å². The van der Waals surface area contributed by atoms with E-state index >= 15 is 0 Å². The molecular weight excluding hydrogens is 172 g/mol. The maximum atomic E-state index is 10.8. The third kappa shape index (κ3) is 2.75. The summed E-state index contributed by atoms with van der Waals surface area (Å²) in [4.78, 5) is 0. The highest BCUT2D eigenvalue weighted by molar-refractivity contribution is 7.84. The molecule has 0 fully saturated rings. The normalized spacial score (nSPS) is 15.5. The Kier molecular flexibility index (Phi) is 3.44. The number of benzene rings is 1. The molecule has 0 aromatic heterocycles. The molecule has 12 heavy (non-hydrogen) atoms. The first-order valence-corrected chi connectivity index (χ1v) is 5.46. The molecular formula is C9H12O2S. The van der Waals surface area contributed by atoms with Gasteiger partial charge < -0.3 is 5.11 Å². The lowest BCUT2D eigenvalue weighted by atomic mass is 10.1. The number of aliphatic hydroxyl groups is 1. The highest BCUT2D eigenvalue weighted by Crippen LogP contribution is 2.12. The standard InChI is InChI=1S/C9H12O2S/c1-12(11)7-9(10)8-5-3-2-4-6-8/h2-6,9-10H,7H2,1H3/t9-,12-/m0/s1. The van der Waals surface area contributed by atoms with Gasteiger partial charge in [-0.1, -0.05) is 30.3 Å². The van der Waals surface area contributed by atoms with Gasteiger partial charge in [0.05, 0.1) is 11.9 Å². The summed E-state index contributed by atoms with van der Waals surface area (Å²) >= 11 is 0. The minimum Gasteiger partial charge on any atom is -0.387 e. The Morgan fingerprint density at radius 1 is 1.42 bits per heavy atom. The fourth-order valence-corrected chi connectivity index (χ4v) is 1.63. The number of hydrogen-bond donors (Lipinski definition) is 1. The van der Waals surface area contributed by atoms with Crippen molar-refractivity contribution in [2.45, 2.75) is 6.10 Å². The van der Waals surface area contributed by atoms with E-state index in [2.05, 4.69) is 0 Å². The summed E-state index contributed by atoms with van der Waals surface area (Å²) in [6.45, 7) is 0. The van der Waals surface area contributed by atoms with Crippen LogP contribution in [0.4, 0.5) is 0 Å². The molecule has 1 N–H and O–H groups in total. The van der Waals surface area contributed by atoms with E-state index < -0.39 is 16.9 Å². The molecule has 66 valence electrons. The zero-order valence-electron chi connectivity index (χ0n) is 6.93. The lowest BCUT2D eigenvalue weighted by Crippen LogP contribution is -2.07. The molecule has 1 aromatic rings. The third-order valence-electron chi connectivity index (χ3n) is 1.58. The molecule has 3 heteroatoms. The first-order chi connectivity index (χ1) is 5.70. The molecule has 0 spiro atoms. The first kappa shape index (κ1) is 9.42. The summed E-state index contributed by atoms with van der Waals surface area (Å²) in [5, 5.41) is 9.50. The van der Waals surface area contributed by atoms with Gasteiger partial charge in [0.2, 0.25) is 0 Å². The maximum absolute atomic E-state index is 10.8. The lowest BCUT2D eigenvalue weighted by Gasteiger charge is -2.07. The van der Waals surface area contributed by atoms with Crippen LogP contribution < -0.4 is 0 Å². The SMILES string of the molecule is C[S@](=O)C[C@H](O)c1ccccc1. The number of aliphatic hydroxyl groups excluding tert-OH is 1. The van der Waals surface area contributed by atoms with Crippen LogP contribution in [0.3, 0.4) is 0 Å². The van der Waals surface area contributed by atoms with Gasteiger partial charge in [0.1, 0.15) is 0 Å². The fraction of sp³-hybridized carbons (Fsp3) is 0.333. The van der Waals surface area contributed by atoms with Crippen LogP contribution in [-0.4, -0.2) is 21.3 Å². The molecule has 0 heterocycles. The number of rotatable bonds is 3. The van der Waals surface area contributed by atoms with Gasteiger partial charge in [-0.25, -0.2) is 0 Å². The van der Waals surface area contributed by atoms with Crippen LogP contribution >= 0.6 is 0 Å². The third-order valence-corrected chi connectivity index (χ3v) is 2.36. The second kappa shape index (κ2) is 4.38. The van der Waals surface area contributed by atoms with Crippen LogP contribution in [0.25, 0.3) is 0 Å². The second-order valence-electron chi connectivity index (χ2n) is 2.67. The largest absolute Gasteiger partial charge is 0.387 e. The van der Waals surface area contributed by atoms with Crippen molar-refractivity contribution in [3.8, 4) is 0 Å². The van der Waals surface area contributed by atoms with Gasteiger partial charge in [0, 0.05) is 17.1 Å². The molecule has 0 unspecified atom stereocenters. The highest BCUT2D eigenvalue weighted by atomic mass is 32.2. The molecule has 0 radical (unpaired) electrons. The van der Waals surface area contributed by atoms with Gasteiger partial charge in [-0.05, 0) is 5.56 Å². The van der Waals surface area contributed by atoms with Crippen molar-refractivity contribution in [3.05, 3.63) is 35.9 Å². The summed E-state index contributed by atoms with van der Waals surface area (Å²) in [6.07, 6.45) is 0.989. The zero-order valence-corrected chi connectivity index (χ0v) is 7.75. The van der Waals surface area contributed by atoms with Crippen LogP contribution in [-0.2, 0) is 10.8 Å². The van der Waals surface area contributed by atoms with E-state index in [9.17, 15) is 9.32 Å². The zero-order chi connectivity index (χ0) is 8.97. The molecule has 1 rings (SSSR count). The van der Waals surface area contributed by atoms with Crippen molar-refractivity contribution < 1.29 is 9.32 Å². The predicted molar refractivity (Wildman–Crippen MR) is 50.3 cm³/mol. The fourth-order valence-electron chi connectivity index (χ4n) is 0.994. The summed E-state index contributed by atoms with van der Waals surface area (Å²) in [7, 11) is -0.946. The minimum absolute atomic E-state index is 0.310. The van der Waals surface area contributed by atoms with E-state index in [0.717, 1.165) is 5.56 Å². The van der Waals surface area contributed by atoms with E-state index in [1.807, 2.05) is 30.3 Å². The summed E-state index contributed by atoms with van der Waals surface area (Å²) in [6, 6.07) is 9.27. The molecule has 0 saturated heterocycles. The van der Waals surface area contributed by atoms with Crippen LogP contribution in [0.5, 0.6) is 0 Å². The Bertz CT molecular complexity index is 258. The van der Waals surface area contributed by atoms with Gasteiger partial charge in [-0.15, -0.1) is 0 Å². The van der Waals surface area contributed by atoms with Crippen molar-refractivity contribution in [2.24, 2.45) is 0 Å². The van der Waals surface area contributed by atoms with Crippen molar-refractivity contribution in [1.82, 2.24) is 0 Å². The second-order valence-corrected chi connectivity index (χ2v) is 4.15. The molecule has 0 aliphatic heterocycles. The molecule has 2 nitrogen and oxygen atoms in total. The molecule has 2 atom stereocenters. The van der Waals surface area contributed by atoms with Crippen molar-refractivity contribution in [1.29, 1.82) is 0 Å². The lowest BCUT2D eigenvalue weighted by molar-refractivity contribution is 0.203. The quantitative estimate of drug-likeness (QED) is 0.763. The summed E-state index contributed by atoms with van der Waals surface area (Å²) in [5.74, 6) is 0.310. The molecule has 0 bridgehead atoms. The van der Waals surface area contributed by atoms with Gasteiger partial charge >= 0.3 is 0 Å². The van der Waals surface area contributed by atoms with Crippen LogP contribution in [0.15, 0.2) is 30.3 Å². The maximum Gasteiger partial charge on any atom is 0.0905 e. The van der Waals surface area contributed by atoms with E-state index in [1.165, 1.54) is 0 Å². The average Bonchev–Trinajstić information content (AvgIpc) is 2.05. The Balaban J connectivity index is 2.65. The molecule has 0 aliphatic rings. The highest BCUT2D eigenvalue weighted by Gasteiger charge is 2.07. The van der Waals surface area contributed by atoms with Crippen molar-refractivity contribution in [2.75, 3.05) is 12.0 Å². The van der Waals surface area contributed by atoms with Crippen molar-refractivity contribution >= 4 is 10.8 Å². The molecule has 0 aliphatic carbocycles. The topological polar surface area (TPSA) is 37.3 Å². The van der Waals surface area contributed by atoms with Crippen LogP contribution in [0.1, 0.15) is 11.7 Å². The van der Waals surface area contributed by atoms with Crippen molar-refractivity contribution in [3.63, 3.8) is 0 Å². The van der Waals surface area contributed by atoms with Crippen LogP contribution in [0.2, 0.25) is 0 Å². The molecule has 1 aromatic carbocycles. The summed E-state index contributed by atoms with van der Waals surface area (Å²) in [5.41, 5.74) is 0.827. The van der Waals surface area contributed by atoms with Crippen LogP contribution in [0, 0.1) is 0 Å². The average molecular weight is 184 g/mol.